The van der Waals surface area contributed by atoms with Gasteiger partial charge in [0.15, 0.2) is 0 Å². The van der Waals surface area contributed by atoms with Crippen LogP contribution in [0.4, 0.5) is 0 Å². The predicted octanol–water partition coefficient (Wildman–Crippen LogP) is 2.73. The van der Waals surface area contributed by atoms with E-state index in [1.54, 1.807) is 0 Å². The number of halogens is 2. The van der Waals surface area contributed by atoms with Crippen LogP contribution in [0.1, 0.15) is 25.7 Å². The van der Waals surface area contributed by atoms with Crippen molar-refractivity contribution >= 4 is 23.2 Å². The van der Waals surface area contributed by atoms with Crippen LogP contribution < -0.4 is 0 Å². The van der Waals surface area contributed by atoms with Crippen molar-refractivity contribution < 1.29 is 0 Å². The van der Waals surface area contributed by atoms with Gasteiger partial charge in [-0.25, -0.2) is 0 Å². The Kier molecular flexibility index (Phi) is 0.565. The summed E-state index contributed by atoms with van der Waals surface area (Å²) < 4.78 is -0.302. The van der Waals surface area contributed by atoms with Gasteiger partial charge in [-0.1, -0.05) is 0 Å². The van der Waals surface area contributed by atoms with Gasteiger partial charge in [0, 0.05) is 5.41 Å². The fourth-order valence-corrected chi connectivity index (χ4v) is 3.43. The van der Waals surface area contributed by atoms with Crippen LogP contribution in [-0.2, 0) is 0 Å². The molecule has 50 valence electrons. The van der Waals surface area contributed by atoms with E-state index in [0.29, 0.717) is 10.8 Å². The molecule has 0 aliphatic heterocycles. The number of hydrogen-bond acceptors (Lipinski definition) is 0. The predicted molar refractivity (Wildman–Crippen MR) is 37.8 cm³/mol. The Bertz CT molecular complexity index is 181. The van der Waals surface area contributed by atoms with Gasteiger partial charge in [0.1, 0.15) is 4.33 Å². The molecule has 3 fully saturated rings. The average molecular weight is 163 g/mol. The molecule has 1 unspecified atom stereocenters. The quantitative estimate of drug-likeness (QED) is 0.481. The lowest BCUT2D eigenvalue weighted by molar-refractivity contribution is 0.707. The number of fused-ring (bicyclic) bond motifs is 1. The molecule has 0 radical (unpaired) electrons. The molecule has 3 rings (SSSR count). The van der Waals surface area contributed by atoms with E-state index < -0.39 is 0 Å². The maximum absolute atomic E-state index is 5.99. The molecule has 3 aliphatic carbocycles. The third-order valence-corrected chi connectivity index (χ3v) is 4.47. The normalized spacial score (nSPS) is 54.0. The lowest BCUT2D eigenvalue weighted by atomic mass is 10.3. The molecule has 0 aromatic rings. The molecule has 0 aromatic carbocycles. The molecule has 3 saturated carbocycles. The smallest absolute Gasteiger partial charge is 0.101 e. The first-order valence-corrected chi connectivity index (χ1v) is 4.26. The standard InChI is InChI=1S/C7H8Cl2/c8-7(9)4-6(7)3-5(6)1-2-5/h1-4H2. The first-order chi connectivity index (χ1) is 4.12. The molecule has 0 saturated heterocycles. The topological polar surface area (TPSA) is 0 Å². The van der Waals surface area contributed by atoms with Crippen molar-refractivity contribution in [3.8, 4) is 0 Å². The van der Waals surface area contributed by atoms with Crippen LogP contribution in [0.15, 0.2) is 0 Å². The van der Waals surface area contributed by atoms with Gasteiger partial charge in [-0.2, -0.15) is 0 Å². The lowest BCUT2D eigenvalue weighted by Crippen LogP contribution is -1.91. The lowest BCUT2D eigenvalue weighted by Gasteiger charge is -1.92. The van der Waals surface area contributed by atoms with Crippen LogP contribution in [0.5, 0.6) is 0 Å². The molecule has 0 aromatic heterocycles. The van der Waals surface area contributed by atoms with Gasteiger partial charge in [0.05, 0.1) is 0 Å². The van der Waals surface area contributed by atoms with Gasteiger partial charge >= 0.3 is 0 Å². The molecule has 0 N–H and O–H groups in total. The highest BCUT2D eigenvalue weighted by Gasteiger charge is 2.90. The van der Waals surface area contributed by atoms with Crippen molar-refractivity contribution in [2.75, 3.05) is 0 Å². The van der Waals surface area contributed by atoms with E-state index in [-0.39, 0.29) is 4.33 Å². The second kappa shape index (κ2) is 0.967. The summed E-state index contributed by atoms with van der Waals surface area (Å²) in [7, 11) is 0. The van der Waals surface area contributed by atoms with E-state index in [1.807, 2.05) is 0 Å². The summed E-state index contributed by atoms with van der Waals surface area (Å²) in [5.74, 6) is 0. The molecule has 0 nitrogen and oxygen atoms in total. The summed E-state index contributed by atoms with van der Waals surface area (Å²) in [6.45, 7) is 0. The van der Waals surface area contributed by atoms with Crippen molar-refractivity contribution in [2.45, 2.75) is 30.0 Å². The Morgan fingerprint density at radius 3 is 1.67 bits per heavy atom. The summed E-state index contributed by atoms with van der Waals surface area (Å²) in [6.07, 6.45) is 5.19. The SMILES string of the molecule is ClC1(Cl)CC12CC21CC1. The van der Waals surface area contributed by atoms with Crippen LogP contribution in [0.25, 0.3) is 0 Å². The second-order valence-electron chi connectivity index (χ2n) is 3.92. The van der Waals surface area contributed by atoms with Gasteiger partial charge in [-0.05, 0) is 31.1 Å². The van der Waals surface area contributed by atoms with Crippen LogP contribution >= 0.6 is 23.2 Å². The van der Waals surface area contributed by atoms with Crippen LogP contribution in [0.2, 0.25) is 0 Å². The van der Waals surface area contributed by atoms with Gasteiger partial charge in [0.2, 0.25) is 0 Å². The molecular weight excluding hydrogens is 155 g/mol. The first kappa shape index (κ1) is 5.26. The Labute approximate surface area is 64.5 Å². The number of hydrogen-bond donors (Lipinski definition) is 0. The van der Waals surface area contributed by atoms with Gasteiger partial charge < -0.3 is 0 Å². The summed E-state index contributed by atoms with van der Waals surface area (Å²) in [4.78, 5) is 0. The Morgan fingerprint density at radius 1 is 1.00 bits per heavy atom. The van der Waals surface area contributed by atoms with Crippen LogP contribution in [0, 0.1) is 10.8 Å². The van der Waals surface area contributed by atoms with Crippen molar-refractivity contribution in [1.82, 2.24) is 0 Å². The van der Waals surface area contributed by atoms with Crippen LogP contribution in [-0.4, -0.2) is 4.33 Å². The maximum atomic E-state index is 5.99. The molecule has 3 aliphatic rings. The Hall–Kier alpha value is 0.580. The molecule has 2 heteroatoms. The number of rotatable bonds is 0. The van der Waals surface area contributed by atoms with E-state index in [1.165, 1.54) is 19.3 Å². The monoisotopic (exact) mass is 162 g/mol. The highest BCUT2D eigenvalue weighted by atomic mass is 35.5. The summed E-state index contributed by atoms with van der Waals surface area (Å²) in [6, 6.07) is 0. The summed E-state index contributed by atoms with van der Waals surface area (Å²) in [5.41, 5.74) is 1.11. The van der Waals surface area contributed by atoms with E-state index in [4.69, 9.17) is 23.2 Å². The van der Waals surface area contributed by atoms with E-state index in [2.05, 4.69) is 0 Å². The summed E-state index contributed by atoms with van der Waals surface area (Å²) in [5, 5.41) is 0. The Morgan fingerprint density at radius 2 is 1.56 bits per heavy atom. The second-order valence-corrected chi connectivity index (χ2v) is 5.40. The summed E-state index contributed by atoms with van der Waals surface area (Å²) >= 11 is 12.0. The molecule has 0 bridgehead atoms. The average Bonchev–Trinajstić information content (AvgIpc) is 2.54. The zero-order valence-electron chi connectivity index (χ0n) is 5.08. The zero-order valence-corrected chi connectivity index (χ0v) is 6.60. The minimum absolute atomic E-state index is 0.302. The minimum Gasteiger partial charge on any atom is -0.101 e. The molecule has 1 atom stereocenters. The highest BCUT2D eigenvalue weighted by Crippen LogP contribution is 2.94. The molecule has 2 spiro atoms. The fourth-order valence-electron chi connectivity index (χ4n) is 2.44. The third kappa shape index (κ3) is 0.372. The van der Waals surface area contributed by atoms with E-state index in [9.17, 15) is 0 Å². The first-order valence-electron chi connectivity index (χ1n) is 3.50. The van der Waals surface area contributed by atoms with Gasteiger partial charge in [-0.15, -0.1) is 23.2 Å². The number of alkyl halides is 2. The van der Waals surface area contributed by atoms with Crippen molar-refractivity contribution in [2.24, 2.45) is 10.8 Å². The molecular formula is C7H8Cl2. The third-order valence-electron chi connectivity index (χ3n) is 3.48. The Balaban J connectivity index is 1.98. The fraction of sp³-hybridized carbons (Fsp3) is 1.00. The minimum atomic E-state index is -0.302. The van der Waals surface area contributed by atoms with Crippen LogP contribution in [0.3, 0.4) is 0 Å². The molecule has 0 amide bonds. The van der Waals surface area contributed by atoms with Gasteiger partial charge in [-0.3, -0.25) is 0 Å². The molecule has 9 heavy (non-hydrogen) atoms. The zero-order chi connectivity index (χ0) is 6.33. The van der Waals surface area contributed by atoms with Crippen molar-refractivity contribution in [3.63, 3.8) is 0 Å². The van der Waals surface area contributed by atoms with E-state index in [0.717, 1.165) is 6.42 Å². The highest BCUT2D eigenvalue weighted by molar-refractivity contribution is 6.52. The largest absolute Gasteiger partial charge is 0.125 e. The van der Waals surface area contributed by atoms with E-state index >= 15 is 0 Å². The molecule has 0 heterocycles. The van der Waals surface area contributed by atoms with Crippen molar-refractivity contribution in [3.05, 3.63) is 0 Å². The van der Waals surface area contributed by atoms with Crippen molar-refractivity contribution in [1.29, 1.82) is 0 Å². The van der Waals surface area contributed by atoms with Gasteiger partial charge in [0.25, 0.3) is 0 Å². The maximum Gasteiger partial charge on any atom is 0.125 e.